The van der Waals surface area contributed by atoms with Crippen LogP contribution >= 0.6 is 0 Å². The third-order valence-electron chi connectivity index (χ3n) is 4.15. The Balaban J connectivity index is 1.85. The molecule has 1 atom stereocenters. The summed E-state index contributed by atoms with van der Waals surface area (Å²) in [5.74, 6) is -1.24. The minimum atomic E-state index is -0.630. The highest BCUT2D eigenvalue weighted by atomic mass is 19.1. The number of halogens is 2. The number of carbonyl (C=O) groups is 1. The van der Waals surface area contributed by atoms with Crippen LogP contribution in [0.1, 0.15) is 31.0 Å². The molecule has 0 radical (unpaired) electrons. The molecule has 2 aliphatic rings. The maximum absolute atomic E-state index is 14.0. The van der Waals surface area contributed by atoms with E-state index >= 15 is 0 Å². The summed E-state index contributed by atoms with van der Waals surface area (Å²) >= 11 is 0. The van der Waals surface area contributed by atoms with Gasteiger partial charge in [-0.15, -0.1) is 0 Å². The first-order valence-corrected chi connectivity index (χ1v) is 7.10. The van der Waals surface area contributed by atoms with Crippen molar-refractivity contribution in [3.8, 4) is 0 Å². The van der Waals surface area contributed by atoms with Gasteiger partial charge < -0.3 is 9.64 Å². The number of carbonyl (C=O) groups excluding carboxylic acids is 1. The van der Waals surface area contributed by atoms with Crippen molar-refractivity contribution in [1.29, 1.82) is 0 Å². The minimum Gasteiger partial charge on any atom is -0.385 e. The summed E-state index contributed by atoms with van der Waals surface area (Å²) in [5.41, 5.74) is -0.218. The predicted molar refractivity (Wildman–Crippen MR) is 72.4 cm³/mol. The third-order valence-corrected chi connectivity index (χ3v) is 4.15. The van der Waals surface area contributed by atoms with Gasteiger partial charge in [0.2, 0.25) is 5.91 Å². The Morgan fingerprint density at radius 2 is 2.19 bits per heavy atom. The quantitative estimate of drug-likeness (QED) is 0.845. The monoisotopic (exact) mass is 296 g/mol. The molecule has 4 nitrogen and oxygen atoms in total. The van der Waals surface area contributed by atoms with E-state index in [2.05, 4.69) is 5.32 Å². The van der Waals surface area contributed by atoms with Gasteiger partial charge in [-0.3, -0.25) is 10.1 Å². The van der Waals surface area contributed by atoms with Crippen molar-refractivity contribution in [2.24, 2.45) is 0 Å². The van der Waals surface area contributed by atoms with E-state index in [-0.39, 0.29) is 5.91 Å². The number of ether oxygens (including phenoxy) is 1. The molecule has 0 bridgehead atoms. The van der Waals surface area contributed by atoms with Crippen molar-refractivity contribution in [2.45, 2.75) is 31.0 Å². The van der Waals surface area contributed by atoms with E-state index in [9.17, 15) is 13.6 Å². The minimum absolute atomic E-state index is 0.00679. The van der Waals surface area contributed by atoms with Gasteiger partial charge in [0.15, 0.2) is 0 Å². The molecule has 6 heteroatoms. The molecule has 3 rings (SSSR count). The van der Waals surface area contributed by atoms with Crippen molar-refractivity contribution in [2.75, 3.05) is 20.3 Å². The molecule has 0 aromatic heterocycles. The van der Waals surface area contributed by atoms with E-state index in [4.69, 9.17) is 4.74 Å². The Labute approximate surface area is 122 Å². The van der Waals surface area contributed by atoms with Crippen molar-refractivity contribution in [1.82, 2.24) is 10.2 Å². The summed E-state index contributed by atoms with van der Waals surface area (Å²) in [6.45, 7) is 1.03. The van der Waals surface area contributed by atoms with Crippen molar-refractivity contribution < 1.29 is 18.3 Å². The number of benzene rings is 1. The van der Waals surface area contributed by atoms with E-state index < -0.39 is 23.3 Å². The number of nitrogens with one attached hydrogen (secondary N) is 1. The summed E-state index contributed by atoms with van der Waals surface area (Å²) in [4.78, 5) is 14.1. The average molecular weight is 296 g/mol. The first-order valence-electron chi connectivity index (χ1n) is 7.10. The Kier molecular flexibility index (Phi) is 3.67. The molecule has 1 aliphatic carbocycles. The van der Waals surface area contributed by atoms with Crippen LogP contribution in [0.3, 0.4) is 0 Å². The maximum Gasteiger partial charge on any atom is 0.244 e. The summed E-state index contributed by atoms with van der Waals surface area (Å²) < 4.78 is 32.1. The average Bonchev–Trinajstić information content (AvgIpc) is 3.17. The Morgan fingerprint density at radius 3 is 2.81 bits per heavy atom. The lowest BCUT2D eigenvalue weighted by molar-refractivity contribution is -0.131. The van der Waals surface area contributed by atoms with Gasteiger partial charge in [0.1, 0.15) is 23.3 Å². The molecule has 1 aromatic rings. The lowest BCUT2D eigenvalue weighted by Gasteiger charge is -2.24. The van der Waals surface area contributed by atoms with Gasteiger partial charge in [0.25, 0.3) is 0 Å². The molecule has 1 spiro atoms. The first-order chi connectivity index (χ1) is 10.1. The third kappa shape index (κ3) is 2.53. The summed E-state index contributed by atoms with van der Waals surface area (Å²) in [5, 5.41) is 3.22. The SMILES string of the molecule is COCCCN1C(=O)C2(CC2)NC1c1ccc(F)cc1F. The zero-order valence-corrected chi connectivity index (χ0v) is 11.9. The topological polar surface area (TPSA) is 41.6 Å². The molecule has 1 heterocycles. The van der Waals surface area contributed by atoms with Crippen LogP contribution in [-0.4, -0.2) is 36.6 Å². The molecule has 1 amide bonds. The molecule has 1 N–H and O–H groups in total. The summed E-state index contributed by atoms with van der Waals surface area (Å²) in [7, 11) is 1.60. The van der Waals surface area contributed by atoms with Crippen LogP contribution < -0.4 is 5.32 Å². The van der Waals surface area contributed by atoms with Gasteiger partial charge in [0.05, 0.1) is 0 Å². The fourth-order valence-corrected chi connectivity index (χ4v) is 2.86. The molecule has 1 saturated heterocycles. The van der Waals surface area contributed by atoms with Crippen LogP contribution in [-0.2, 0) is 9.53 Å². The Bertz CT molecular complexity index is 561. The molecule has 21 heavy (non-hydrogen) atoms. The van der Waals surface area contributed by atoms with Gasteiger partial charge in [-0.05, 0) is 31.4 Å². The van der Waals surface area contributed by atoms with E-state index in [0.29, 0.717) is 25.1 Å². The number of nitrogens with zero attached hydrogens (tertiary/aromatic N) is 1. The van der Waals surface area contributed by atoms with Gasteiger partial charge in [-0.25, -0.2) is 8.78 Å². The number of methoxy groups -OCH3 is 1. The molecule has 2 fully saturated rings. The predicted octanol–water partition coefficient (Wildman–Crippen LogP) is 1.96. The van der Waals surface area contributed by atoms with E-state index in [1.165, 1.54) is 12.1 Å². The lowest BCUT2D eigenvalue weighted by atomic mass is 10.1. The lowest BCUT2D eigenvalue weighted by Crippen LogP contribution is -2.33. The molecule has 114 valence electrons. The maximum atomic E-state index is 14.0. The molecule has 1 aliphatic heterocycles. The summed E-state index contributed by atoms with van der Waals surface area (Å²) in [6.07, 6.45) is 1.69. The zero-order chi connectivity index (χ0) is 15.0. The smallest absolute Gasteiger partial charge is 0.244 e. The second-order valence-electron chi connectivity index (χ2n) is 5.64. The van der Waals surface area contributed by atoms with Crippen LogP contribution in [0.4, 0.5) is 8.78 Å². The van der Waals surface area contributed by atoms with Crippen molar-refractivity contribution >= 4 is 5.91 Å². The Morgan fingerprint density at radius 1 is 1.43 bits per heavy atom. The number of rotatable bonds is 5. The summed E-state index contributed by atoms with van der Waals surface area (Å²) in [6, 6.07) is 3.48. The molecule has 1 unspecified atom stereocenters. The van der Waals surface area contributed by atoms with Gasteiger partial charge >= 0.3 is 0 Å². The molecular weight excluding hydrogens is 278 g/mol. The van der Waals surface area contributed by atoms with Crippen molar-refractivity contribution in [3.05, 3.63) is 35.4 Å². The standard InChI is InChI=1S/C15H18F2N2O2/c1-21-8-2-7-19-13(18-15(5-6-15)14(19)20)11-4-3-10(16)9-12(11)17/h3-4,9,13,18H,2,5-8H2,1H3. The number of hydrogen-bond donors (Lipinski definition) is 1. The fourth-order valence-electron chi connectivity index (χ4n) is 2.86. The molecule has 1 saturated carbocycles. The largest absolute Gasteiger partial charge is 0.385 e. The van der Waals surface area contributed by atoms with Crippen LogP contribution in [0.5, 0.6) is 0 Å². The highest BCUT2D eigenvalue weighted by Crippen LogP contribution is 2.46. The first kappa shape index (κ1) is 14.4. The molecule has 1 aromatic carbocycles. The fraction of sp³-hybridized carbons (Fsp3) is 0.533. The number of amides is 1. The van der Waals surface area contributed by atoms with Crippen LogP contribution in [0.25, 0.3) is 0 Å². The van der Waals surface area contributed by atoms with E-state index in [0.717, 1.165) is 18.9 Å². The van der Waals surface area contributed by atoms with Gasteiger partial charge in [-0.1, -0.05) is 0 Å². The van der Waals surface area contributed by atoms with Crippen molar-refractivity contribution in [3.63, 3.8) is 0 Å². The molecular formula is C15H18F2N2O2. The number of hydrogen-bond acceptors (Lipinski definition) is 3. The second kappa shape index (κ2) is 5.35. The van der Waals surface area contributed by atoms with Gasteiger partial charge in [0, 0.05) is 31.9 Å². The normalized spacial score (nSPS) is 23.1. The van der Waals surface area contributed by atoms with Crippen LogP contribution in [0.15, 0.2) is 18.2 Å². The van der Waals surface area contributed by atoms with Gasteiger partial charge in [-0.2, -0.15) is 0 Å². The second-order valence-corrected chi connectivity index (χ2v) is 5.64. The van der Waals surface area contributed by atoms with E-state index in [1.54, 1.807) is 12.0 Å². The highest BCUT2D eigenvalue weighted by Gasteiger charge is 2.59. The Hall–Kier alpha value is -1.53. The van der Waals surface area contributed by atoms with Crippen LogP contribution in [0.2, 0.25) is 0 Å². The van der Waals surface area contributed by atoms with Crippen LogP contribution in [0, 0.1) is 11.6 Å². The zero-order valence-electron chi connectivity index (χ0n) is 11.9. The van der Waals surface area contributed by atoms with E-state index in [1.807, 2.05) is 0 Å². The highest BCUT2D eigenvalue weighted by molar-refractivity contribution is 5.92.